The summed E-state index contributed by atoms with van der Waals surface area (Å²) in [6.07, 6.45) is -2.78. The molecule has 0 saturated heterocycles. The molecule has 19 heteroatoms. The van der Waals surface area contributed by atoms with Gasteiger partial charge in [-0.25, -0.2) is 14.4 Å². The number of benzene rings is 2. The highest BCUT2D eigenvalue weighted by Crippen LogP contribution is 2.31. The number of hydrogen-bond acceptors (Lipinski definition) is 12. The zero-order chi connectivity index (χ0) is 45.7. The number of amides is 7. The SMILES string of the molecule is CC(C)(C)OC(=O)NCCC[C@@H]1NC(=O)[C@@H](NC(=O)OC(C)(C)C)Cc2cc(ccc2O)-c2ccc(O)c(c2)C[C@@H](C(=O)NCCNC(=O)CNC(=O)OC(C)(C)C)NC1=O. The van der Waals surface area contributed by atoms with Crippen LogP contribution in [0.2, 0.25) is 0 Å². The molecule has 336 valence electrons. The van der Waals surface area contributed by atoms with Crippen LogP contribution in [0.4, 0.5) is 14.4 Å². The van der Waals surface area contributed by atoms with Crippen molar-refractivity contribution < 1.29 is 58.0 Å². The first-order valence-corrected chi connectivity index (χ1v) is 20.0. The molecule has 19 nitrogen and oxygen atoms in total. The van der Waals surface area contributed by atoms with Crippen molar-refractivity contribution in [3.05, 3.63) is 47.5 Å². The Morgan fingerprint density at radius 3 is 1.70 bits per heavy atom. The van der Waals surface area contributed by atoms with E-state index in [4.69, 9.17) is 14.2 Å². The van der Waals surface area contributed by atoms with Gasteiger partial charge in [-0.2, -0.15) is 0 Å². The summed E-state index contributed by atoms with van der Waals surface area (Å²) in [6.45, 7) is 14.6. The van der Waals surface area contributed by atoms with E-state index in [2.05, 4.69) is 37.2 Å². The molecule has 1 aliphatic rings. The molecular formula is C42H61N7O12. The molecule has 0 unspecified atom stereocenters. The molecule has 1 heterocycles. The lowest BCUT2D eigenvalue weighted by Gasteiger charge is -2.27. The van der Waals surface area contributed by atoms with Crippen LogP contribution in [0.25, 0.3) is 11.1 Å². The lowest BCUT2D eigenvalue weighted by atomic mass is 9.95. The van der Waals surface area contributed by atoms with Gasteiger partial charge in [-0.15, -0.1) is 0 Å². The lowest BCUT2D eigenvalue weighted by molar-refractivity contribution is -0.132. The van der Waals surface area contributed by atoms with E-state index in [0.717, 1.165) is 0 Å². The van der Waals surface area contributed by atoms with Crippen LogP contribution in [0.5, 0.6) is 11.5 Å². The van der Waals surface area contributed by atoms with Gasteiger partial charge in [-0.05, 0) is 122 Å². The van der Waals surface area contributed by atoms with E-state index >= 15 is 0 Å². The van der Waals surface area contributed by atoms with Crippen LogP contribution in [-0.4, -0.2) is 113 Å². The summed E-state index contributed by atoms with van der Waals surface area (Å²) in [6, 6.07) is 5.26. The van der Waals surface area contributed by atoms with Gasteiger partial charge in [0, 0.05) is 32.5 Å². The van der Waals surface area contributed by atoms with E-state index in [1.807, 2.05) is 0 Å². The van der Waals surface area contributed by atoms with Crippen LogP contribution in [0.3, 0.4) is 0 Å². The van der Waals surface area contributed by atoms with Gasteiger partial charge in [-0.1, -0.05) is 12.1 Å². The van der Waals surface area contributed by atoms with Crippen molar-refractivity contribution in [1.82, 2.24) is 37.2 Å². The van der Waals surface area contributed by atoms with Gasteiger partial charge in [0.15, 0.2) is 0 Å². The summed E-state index contributed by atoms with van der Waals surface area (Å²) in [5, 5.41) is 39.9. The predicted octanol–water partition coefficient (Wildman–Crippen LogP) is 2.79. The molecular weight excluding hydrogens is 794 g/mol. The van der Waals surface area contributed by atoms with Gasteiger partial charge in [0.25, 0.3) is 0 Å². The highest BCUT2D eigenvalue weighted by atomic mass is 16.6. The Hall–Kier alpha value is -6.27. The van der Waals surface area contributed by atoms with Crippen molar-refractivity contribution in [2.24, 2.45) is 0 Å². The van der Waals surface area contributed by atoms with Crippen LogP contribution >= 0.6 is 0 Å². The first-order chi connectivity index (χ1) is 28.3. The average Bonchev–Trinajstić information content (AvgIpc) is 3.12. The van der Waals surface area contributed by atoms with Crippen LogP contribution in [-0.2, 0) is 46.2 Å². The Kier molecular flexibility index (Phi) is 17.2. The zero-order valence-electron chi connectivity index (χ0n) is 36.3. The molecule has 0 aliphatic carbocycles. The van der Waals surface area contributed by atoms with E-state index in [9.17, 15) is 43.8 Å². The van der Waals surface area contributed by atoms with E-state index < -0.39 is 76.8 Å². The first-order valence-electron chi connectivity index (χ1n) is 20.0. The Bertz CT molecular complexity index is 1920. The molecule has 0 radical (unpaired) electrons. The maximum Gasteiger partial charge on any atom is 0.408 e. The Labute approximate surface area is 355 Å². The number of alkyl carbamates (subject to hydrolysis) is 3. The molecule has 0 spiro atoms. The summed E-state index contributed by atoms with van der Waals surface area (Å²) < 4.78 is 15.8. The number of rotatable bonds is 11. The maximum absolute atomic E-state index is 14.2. The zero-order valence-corrected chi connectivity index (χ0v) is 36.3. The van der Waals surface area contributed by atoms with Crippen LogP contribution in [0.1, 0.15) is 86.3 Å². The lowest BCUT2D eigenvalue weighted by Crippen LogP contribution is -2.58. The molecule has 0 aromatic heterocycles. The topological polar surface area (TPSA) is 272 Å². The highest BCUT2D eigenvalue weighted by molar-refractivity contribution is 5.94. The smallest absolute Gasteiger partial charge is 0.408 e. The number of aromatic hydroxyl groups is 2. The molecule has 1 aliphatic heterocycles. The number of ether oxygens (including phenoxy) is 3. The van der Waals surface area contributed by atoms with Crippen molar-refractivity contribution >= 4 is 41.9 Å². The van der Waals surface area contributed by atoms with Gasteiger partial charge < -0.3 is 61.6 Å². The minimum atomic E-state index is -1.37. The number of fused-ring (bicyclic) bond motifs is 5. The minimum absolute atomic E-state index is 0.0401. The van der Waals surface area contributed by atoms with E-state index in [1.54, 1.807) is 86.6 Å². The van der Waals surface area contributed by atoms with Crippen molar-refractivity contribution in [2.75, 3.05) is 26.2 Å². The number of carbonyl (C=O) groups is 7. The van der Waals surface area contributed by atoms with Gasteiger partial charge >= 0.3 is 18.3 Å². The minimum Gasteiger partial charge on any atom is -0.508 e. The fraction of sp³-hybridized carbons (Fsp3) is 0.548. The first kappa shape index (κ1) is 49.1. The van der Waals surface area contributed by atoms with E-state index in [0.29, 0.717) is 11.1 Å². The number of phenolic OH excluding ortho intramolecular Hbond substituents is 2. The molecule has 2 aromatic carbocycles. The quantitative estimate of drug-likeness (QED) is 0.117. The molecule has 2 aromatic rings. The Morgan fingerprint density at radius 2 is 1.15 bits per heavy atom. The largest absolute Gasteiger partial charge is 0.508 e. The third-order valence-corrected chi connectivity index (χ3v) is 8.49. The van der Waals surface area contributed by atoms with Crippen LogP contribution in [0.15, 0.2) is 36.4 Å². The monoisotopic (exact) mass is 855 g/mol. The standard InChI is InChI=1S/C42H61N7O12/c1-40(2,3)59-37(56)45-16-10-11-28-35(54)48-29(34(53)44-18-17-43-33(52)23-46-38(57)60-41(4,5)6)21-26-19-24(12-14-31(26)50)25-13-15-32(51)27(20-25)22-30(36(55)47-28)49-39(58)61-42(7,8)9/h12-15,19-20,28-30,50-51H,10-11,16-18,21-23H2,1-9H3,(H,43,52)(H,44,53)(H,45,56)(H,46,57)(H,47,55)(H,48,54)(H,49,58)/t28-,29-,30-/m0/s1. The van der Waals surface area contributed by atoms with Gasteiger partial charge in [0.2, 0.25) is 23.6 Å². The third-order valence-electron chi connectivity index (χ3n) is 8.49. The fourth-order valence-corrected chi connectivity index (χ4v) is 5.83. The van der Waals surface area contributed by atoms with Gasteiger partial charge in [-0.3, -0.25) is 19.2 Å². The van der Waals surface area contributed by atoms with Crippen molar-refractivity contribution in [2.45, 2.75) is 123 Å². The molecule has 4 bridgehead atoms. The second-order valence-electron chi connectivity index (χ2n) is 17.5. The summed E-state index contributed by atoms with van der Waals surface area (Å²) in [7, 11) is 0. The molecule has 61 heavy (non-hydrogen) atoms. The maximum atomic E-state index is 14.2. The average molecular weight is 856 g/mol. The molecule has 7 amide bonds. The van der Waals surface area contributed by atoms with Crippen molar-refractivity contribution in [3.8, 4) is 22.6 Å². The Balaban J connectivity index is 1.94. The molecule has 0 saturated carbocycles. The summed E-state index contributed by atoms with van der Waals surface area (Å²) in [4.78, 5) is 91.6. The molecule has 3 rings (SSSR count). The highest BCUT2D eigenvalue weighted by Gasteiger charge is 2.32. The second-order valence-corrected chi connectivity index (χ2v) is 17.5. The molecule has 0 fully saturated rings. The van der Waals surface area contributed by atoms with Crippen LogP contribution in [0, 0.1) is 0 Å². The molecule has 3 atom stereocenters. The predicted molar refractivity (Wildman–Crippen MR) is 223 cm³/mol. The van der Waals surface area contributed by atoms with Gasteiger partial charge in [0.1, 0.15) is 46.4 Å². The number of phenols is 2. The van der Waals surface area contributed by atoms with Gasteiger partial charge in [0.05, 0.1) is 6.54 Å². The van der Waals surface area contributed by atoms with E-state index in [-0.39, 0.29) is 74.5 Å². The number of carbonyl (C=O) groups excluding carboxylic acids is 7. The third kappa shape index (κ3) is 17.9. The normalized spacial score (nSPS) is 17.2. The number of nitrogens with one attached hydrogen (secondary N) is 7. The molecule has 9 N–H and O–H groups in total. The summed E-state index contributed by atoms with van der Waals surface area (Å²) >= 11 is 0. The Morgan fingerprint density at radius 1 is 0.639 bits per heavy atom. The van der Waals surface area contributed by atoms with Crippen molar-refractivity contribution in [1.29, 1.82) is 0 Å². The number of hydrogen-bond donors (Lipinski definition) is 9. The fourth-order valence-electron chi connectivity index (χ4n) is 5.83. The van der Waals surface area contributed by atoms with Crippen molar-refractivity contribution in [3.63, 3.8) is 0 Å². The summed E-state index contributed by atoms with van der Waals surface area (Å²) in [5.74, 6) is -3.23. The second kappa shape index (κ2) is 21.3. The van der Waals surface area contributed by atoms with E-state index in [1.165, 1.54) is 12.1 Å². The summed E-state index contributed by atoms with van der Waals surface area (Å²) in [5.41, 5.74) is -0.777. The van der Waals surface area contributed by atoms with Crippen LogP contribution < -0.4 is 37.2 Å².